The molecule has 0 aromatic carbocycles. The van der Waals surface area contributed by atoms with Gasteiger partial charge in [0.25, 0.3) is 0 Å². The van der Waals surface area contributed by atoms with Crippen molar-refractivity contribution in [1.29, 1.82) is 0 Å². The average molecular weight is 275 g/mol. The number of hydrogen-bond donors (Lipinski definition) is 0. The van der Waals surface area contributed by atoms with Crippen molar-refractivity contribution in [3.8, 4) is 0 Å². The first-order valence-corrected chi connectivity index (χ1v) is 8.47. The van der Waals surface area contributed by atoms with E-state index in [0.717, 1.165) is 17.9 Å². The average Bonchev–Trinajstić information content (AvgIpc) is 3.02. The first kappa shape index (κ1) is 14.1. The molecule has 2 aliphatic rings. The highest BCUT2D eigenvalue weighted by Crippen LogP contribution is 2.34. The number of piperidine rings is 1. The highest BCUT2D eigenvalue weighted by atomic mass is 15.3. The van der Waals surface area contributed by atoms with Crippen molar-refractivity contribution in [2.24, 2.45) is 11.8 Å². The Balaban J connectivity index is 1.47. The molecule has 1 saturated carbocycles. The topological polar surface area (TPSA) is 21.1 Å². The Morgan fingerprint density at radius 1 is 0.950 bits per heavy atom. The lowest BCUT2D eigenvalue weighted by Crippen LogP contribution is -2.43. The van der Waals surface area contributed by atoms with Crippen LogP contribution in [0.1, 0.15) is 58.4 Å². The molecule has 3 nitrogen and oxygen atoms in total. The normalized spacial score (nSPS) is 29.9. The van der Waals surface area contributed by atoms with Crippen LogP contribution in [0.3, 0.4) is 0 Å². The molecular formula is C17H29N3. The van der Waals surface area contributed by atoms with Gasteiger partial charge in [-0.1, -0.05) is 13.8 Å². The van der Waals surface area contributed by atoms with Crippen LogP contribution in [-0.4, -0.2) is 33.8 Å². The van der Waals surface area contributed by atoms with Crippen LogP contribution in [0.15, 0.2) is 18.5 Å². The van der Waals surface area contributed by atoms with Crippen molar-refractivity contribution in [2.45, 2.75) is 64.5 Å². The molecule has 0 unspecified atom stereocenters. The van der Waals surface area contributed by atoms with E-state index in [0.29, 0.717) is 6.04 Å². The van der Waals surface area contributed by atoms with E-state index in [-0.39, 0.29) is 0 Å². The summed E-state index contributed by atoms with van der Waals surface area (Å²) >= 11 is 0. The summed E-state index contributed by atoms with van der Waals surface area (Å²) in [5.74, 6) is 1.86. The Hall–Kier alpha value is -0.830. The van der Waals surface area contributed by atoms with E-state index in [2.05, 4.69) is 34.7 Å². The Labute approximate surface area is 123 Å². The quantitative estimate of drug-likeness (QED) is 0.838. The fourth-order valence-corrected chi connectivity index (χ4v) is 4.15. The third-order valence-corrected chi connectivity index (χ3v) is 5.60. The van der Waals surface area contributed by atoms with Crippen molar-refractivity contribution < 1.29 is 0 Å². The Morgan fingerprint density at radius 2 is 1.65 bits per heavy atom. The maximum absolute atomic E-state index is 4.40. The molecule has 112 valence electrons. The van der Waals surface area contributed by atoms with Crippen molar-refractivity contribution >= 4 is 0 Å². The van der Waals surface area contributed by atoms with Crippen LogP contribution in [0.2, 0.25) is 0 Å². The minimum Gasteiger partial charge on any atom is -0.300 e. The van der Waals surface area contributed by atoms with E-state index >= 15 is 0 Å². The molecule has 2 heterocycles. The Kier molecular flexibility index (Phi) is 4.45. The zero-order valence-corrected chi connectivity index (χ0v) is 13.0. The summed E-state index contributed by atoms with van der Waals surface area (Å²) in [6, 6.07) is 3.54. The first-order chi connectivity index (χ1) is 9.74. The number of aromatic nitrogens is 2. The fraction of sp³-hybridized carbons (Fsp3) is 0.824. The van der Waals surface area contributed by atoms with Crippen LogP contribution in [0.25, 0.3) is 0 Å². The first-order valence-electron chi connectivity index (χ1n) is 8.47. The molecule has 0 bridgehead atoms. The van der Waals surface area contributed by atoms with Gasteiger partial charge in [-0.3, -0.25) is 4.68 Å². The third kappa shape index (κ3) is 3.08. The molecule has 2 fully saturated rings. The van der Waals surface area contributed by atoms with Gasteiger partial charge < -0.3 is 4.90 Å². The van der Waals surface area contributed by atoms with Crippen LogP contribution < -0.4 is 0 Å². The van der Waals surface area contributed by atoms with Crippen molar-refractivity contribution in [1.82, 2.24) is 14.7 Å². The van der Waals surface area contributed by atoms with E-state index in [1.54, 1.807) is 0 Å². The molecule has 1 aliphatic heterocycles. The Morgan fingerprint density at radius 3 is 2.20 bits per heavy atom. The lowest BCUT2D eigenvalue weighted by atomic mass is 9.79. The number of nitrogens with zero attached hydrogens (tertiary/aromatic N) is 3. The summed E-state index contributed by atoms with van der Waals surface area (Å²) < 4.78 is 2.16. The highest BCUT2D eigenvalue weighted by Gasteiger charge is 2.30. The van der Waals surface area contributed by atoms with Crippen LogP contribution in [0.5, 0.6) is 0 Å². The summed E-state index contributed by atoms with van der Waals surface area (Å²) in [6.45, 7) is 7.31. The highest BCUT2D eigenvalue weighted by molar-refractivity contribution is 4.87. The van der Waals surface area contributed by atoms with Crippen molar-refractivity contribution in [2.75, 3.05) is 13.1 Å². The molecule has 1 aromatic rings. The van der Waals surface area contributed by atoms with Gasteiger partial charge in [-0.2, -0.15) is 5.10 Å². The minimum absolute atomic E-state index is 0.633. The van der Waals surface area contributed by atoms with Gasteiger partial charge in [-0.15, -0.1) is 0 Å². The lowest BCUT2D eigenvalue weighted by Gasteiger charge is -2.41. The molecule has 3 heteroatoms. The van der Waals surface area contributed by atoms with Gasteiger partial charge >= 0.3 is 0 Å². The lowest BCUT2D eigenvalue weighted by molar-refractivity contribution is 0.0864. The van der Waals surface area contributed by atoms with E-state index in [1.807, 2.05) is 12.3 Å². The molecular weight excluding hydrogens is 246 g/mol. The summed E-state index contributed by atoms with van der Waals surface area (Å²) in [6.07, 6.45) is 12.3. The van der Waals surface area contributed by atoms with Crippen LogP contribution in [0, 0.1) is 11.8 Å². The van der Waals surface area contributed by atoms with Gasteiger partial charge in [0.15, 0.2) is 0 Å². The largest absolute Gasteiger partial charge is 0.300 e. The zero-order valence-electron chi connectivity index (χ0n) is 13.0. The standard InChI is InChI=1S/C17H29N3/c1-14(2)15-4-6-16(7-5-15)19-12-8-17(9-13-19)20-11-3-10-18-20/h3,10-11,14-17H,4-9,12-13H2,1-2H3. The second-order valence-electron chi connectivity index (χ2n) is 7.07. The SMILES string of the molecule is CC(C)C1CCC(N2CCC(n3cccn3)CC2)CC1. The predicted octanol–water partition coefficient (Wildman–Crippen LogP) is 3.73. The van der Waals surface area contributed by atoms with Crippen molar-refractivity contribution in [3.63, 3.8) is 0 Å². The summed E-state index contributed by atoms with van der Waals surface area (Å²) in [7, 11) is 0. The van der Waals surface area contributed by atoms with Crippen LogP contribution in [0.4, 0.5) is 0 Å². The Bertz CT molecular complexity index is 382. The second kappa shape index (κ2) is 6.30. The molecule has 0 N–H and O–H groups in total. The van der Waals surface area contributed by atoms with Crippen molar-refractivity contribution in [3.05, 3.63) is 18.5 Å². The van der Waals surface area contributed by atoms with Gasteiger partial charge in [-0.25, -0.2) is 0 Å². The van der Waals surface area contributed by atoms with Gasteiger partial charge in [0.2, 0.25) is 0 Å². The smallest absolute Gasteiger partial charge is 0.0543 e. The van der Waals surface area contributed by atoms with E-state index in [9.17, 15) is 0 Å². The summed E-state index contributed by atoms with van der Waals surface area (Å²) in [5.41, 5.74) is 0. The van der Waals surface area contributed by atoms with Gasteiger partial charge in [0.05, 0.1) is 6.04 Å². The molecule has 20 heavy (non-hydrogen) atoms. The predicted molar refractivity (Wildman–Crippen MR) is 82.7 cm³/mol. The maximum atomic E-state index is 4.40. The molecule has 0 atom stereocenters. The van der Waals surface area contributed by atoms with E-state index in [1.165, 1.54) is 51.6 Å². The molecule has 0 spiro atoms. The molecule has 0 amide bonds. The summed E-state index contributed by atoms with van der Waals surface area (Å²) in [4.78, 5) is 2.76. The molecule has 3 rings (SSSR count). The molecule has 1 saturated heterocycles. The van der Waals surface area contributed by atoms with Gasteiger partial charge in [-0.05, 0) is 56.4 Å². The van der Waals surface area contributed by atoms with Crippen LogP contribution >= 0.6 is 0 Å². The van der Waals surface area contributed by atoms with E-state index in [4.69, 9.17) is 0 Å². The van der Waals surface area contributed by atoms with Gasteiger partial charge in [0.1, 0.15) is 0 Å². The number of likely N-dealkylation sites (tertiary alicyclic amines) is 1. The third-order valence-electron chi connectivity index (χ3n) is 5.60. The zero-order chi connectivity index (χ0) is 13.9. The van der Waals surface area contributed by atoms with Crippen LogP contribution in [-0.2, 0) is 0 Å². The molecule has 1 aliphatic carbocycles. The van der Waals surface area contributed by atoms with Gasteiger partial charge in [0, 0.05) is 31.5 Å². The number of hydrogen-bond acceptors (Lipinski definition) is 2. The van der Waals surface area contributed by atoms with E-state index < -0.39 is 0 Å². The maximum Gasteiger partial charge on any atom is 0.0543 e. The monoisotopic (exact) mass is 275 g/mol. The molecule has 1 aromatic heterocycles. The minimum atomic E-state index is 0.633. The summed E-state index contributed by atoms with van der Waals surface area (Å²) in [5, 5.41) is 4.40. The number of rotatable bonds is 3. The fourth-order valence-electron chi connectivity index (χ4n) is 4.15. The molecule has 0 radical (unpaired) electrons. The second-order valence-corrected chi connectivity index (χ2v) is 7.07.